The molecule has 140 valence electrons. The third-order valence-electron chi connectivity index (χ3n) is 4.62. The first-order chi connectivity index (χ1) is 13.1. The van der Waals surface area contributed by atoms with Crippen LogP contribution in [0.1, 0.15) is 42.5 Å². The second kappa shape index (κ2) is 9.28. The molecular weight excluding hydrogens is 358 g/mol. The fourth-order valence-corrected chi connectivity index (χ4v) is 3.52. The molecule has 5 nitrogen and oxygen atoms in total. The molecule has 1 aliphatic rings. The highest BCUT2D eigenvalue weighted by molar-refractivity contribution is 7.80. The summed E-state index contributed by atoms with van der Waals surface area (Å²) >= 11 is 5.23. The maximum Gasteiger partial charge on any atom is 0.255 e. The molecule has 0 heterocycles. The van der Waals surface area contributed by atoms with Gasteiger partial charge in [0.2, 0.25) is 5.91 Å². The van der Waals surface area contributed by atoms with Crippen LogP contribution in [0.15, 0.2) is 54.6 Å². The van der Waals surface area contributed by atoms with Crippen molar-refractivity contribution in [3.05, 3.63) is 60.2 Å². The van der Waals surface area contributed by atoms with Crippen molar-refractivity contribution in [2.45, 2.75) is 32.1 Å². The maximum absolute atomic E-state index is 12.2. The summed E-state index contributed by atoms with van der Waals surface area (Å²) in [5, 5.41) is 8.85. The Morgan fingerprint density at radius 1 is 0.926 bits per heavy atom. The molecule has 0 aromatic heterocycles. The topological polar surface area (TPSA) is 70.2 Å². The van der Waals surface area contributed by atoms with Gasteiger partial charge in [0.1, 0.15) is 0 Å². The number of anilines is 2. The number of thiocarbonyl (C=S) groups is 1. The first kappa shape index (κ1) is 19.0. The second-order valence-electron chi connectivity index (χ2n) is 6.76. The smallest absolute Gasteiger partial charge is 0.255 e. The highest BCUT2D eigenvalue weighted by Crippen LogP contribution is 2.27. The number of rotatable bonds is 5. The van der Waals surface area contributed by atoms with Crippen LogP contribution in [-0.4, -0.2) is 16.9 Å². The van der Waals surface area contributed by atoms with E-state index < -0.39 is 0 Å². The van der Waals surface area contributed by atoms with Gasteiger partial charge in [-0.15, -0.1) is 0 Å². The summed E-state index contributed by atoms with van der Waals surface area (Å²) in [5.74, 6) is 0.248. The van der Waals surface area contributed by atoms with Gasteiger partial charge in [0, 0.05) is 23.4 Å². The Labute approximate surface area is 164 Å². The molecule has 0 radical (unpaired) electrons. The molecule has 27 heavy (non-hydrogen) atoms. The summed E-state index contributed by atoms with van der Waals surface area (Å²) in [6, 6.07) is 16.2. The fraction of sp³-hybridized carbons (Fsp3) is 0.286. The lowest BCUT2D eigenvalue weighted by molar-refractivity contribution is -0.120. The zero-order valence-electron chi connectivity index (χ0n) is 15.0. The predicted octanol–water partition coefficient (Wildman–Crippen LogP) is 4.33. The van der Waals surface area contributed by atoms with Crippen molar-refractivity contribution in [3.63, 3.8) is 0 Å². The van der Waals surface area contributed by atoms with Crippen molar-refractivity contribution in [1.82, 2.24) is 5.32 Å². The average Bonchev–Trinajstić information content (AvgIpc) is 3.15. The molecule has 1 aliphatic carbocycles. The maximum atomic E-state index is 12.2. The molecule has 1 fully saturated rings. The predicted molar refractivity (Wildman–Crippen MR) is 112 cm³/mol. The summed E-state index contributed by atoms with van der Waals surface area (Å²) in [6.45, 7) is 0. The van der Waals surface area contributed by atoms with Gasteiger partial charge in [-0.2, -0.15) is 0 Å². The number of amides is 2. The number of nitrogens with one attached hydrogen (secondary N) is 3. The molecule has 2 amide bonds. The van der Waals surface area contributed by atoms with Crippen molar-refractivity contribution in [2.24, 2.45) is 5.92 Å². The number of carbonyl (C=O) groups excluding carboxylic acids is 2. The van der Waals surface area contributed by atoms with Crippen molar-refractivity contribution >= 4 is 40.5 Å². The van der Waals surface area contributed by atoms with Gasteiger partial charge in [-0.1, -0.05) is 37.1 Å². The van der Waals surface area contributed by atoms with E-state index in [2.05, 4.69) is 16.0 Å². The molecule has 6 heteroatoms. The average molecular weight is 382 g/mol. The van der Waals surface area contributed by atoms with Crippen LogP contribution in [0.4, 0.5) is 11.4 Å². The van der Waals surface area contributed by atoms with Gasteiger partial charge in [0.25, 0.3) is 5.91 Å². The molecule has 2 aromatic carbocycles. The summed E-state index contributed by atoms with van der Waals surface area (Å²) in [6.07, 6.45) is 5.19. The van der Waals surface area contributed by atoms with Crippen LogP contribution in [-0.2, 0) is 4.79 Å². The Kier molecular flexibility index (Phi) is 6.54. The van der Waals surface area contributed by atoms with Crippen molar-refractivity contribution in [1.29, 1.82) is 0 Å². The highest BCUT2D eigenvalue weighted by Gasteiger charge is 2.18. The molecule has 0 bridgehead atoms. The van der Waals surface area contributed by atoms with Gasteiger partial charge >= 0.3 is 0 Å². The summed E-state index contributed by atoms with van der Waals surface area (Å²) in [5.41, 5.74) is 1.94. The van der Waals surface area contributed by atoms with Gasteiger partial charge in [-0.3, -0.25) is 9.59 Å². The Bertz CT molecular complexity index is 817. The second-order valence-corrected chi connectivity index (χ2v) is 7.17. The van der Waals surface area contributed by atoms with E-state index in [0.29, 0.717) is 29.3 Å². The van der Waals surface area contributed by atoms with Crippen LogP contribution in [0.3, 0.4) is 0 Å². The Balaban J connectivity index is 1.53. The zero-order chi connectivity index (χ0) is 19.1. The lowest BCUT2D eigenvalue weighted by Crippen LogP contribution is -2.34. The lowest BCUT2D eigenvalue weighted by Gasteiger charge is -2.13. The van der Waals surface area contributed by atoms with E-state index in [4.69, 9.17) is 12.2 Å². The third-order valence-corrected chi connectivity index (χ3v) is 4.82. The van der Waals surface area contributed by atoms with Crippen molar-refractivity contribution in [3.8, 4) is 0 Å². The van der Waals surface area contributed by atoms with E-state index in [0.717, 1.165) is 12.8 Å². The fourth-order valence-electron chi connectivity index (χ4n) is 3.28. The summed E-state index contributed by atoms with van der Waals surface area (Å²) in [4.78, 5) is 24.3. The van der Waals surface area contributed by atoms with Gasteiger partial charge in [0.15, 0.2) is 5.11 Å². The standard InChI is InChI=1S/C21H23N3O2S/c25-19(13-15-7-4-5-8-15)24-21(27)23-18-12-6-11-17(14-18)22-20(26)16-9-2-1-3-10-16/h1-3,6,9-12,14-15H,4-5,7-8,13H2,(H,22,26)(H2,23,24,25,27). The molecule has 0 aliphatic heterocycles. The molecule has 0 spiro atoms. The van der Waals surface area contributed by atoms with Crippen LogP contribution in [0.5, 0.6) is 0 Å². The van der Waals surface area contributed by atoms with Crippen LogP contribution in [0.2, 0.25) is 0 Å². The molecule has 1 saturated carbocycles. The highest BCUT2D eigenvalue weighted by atomic mass is 32.1. The quantitative estimate of drug-likeness (QED) is 0.674. The normalized spacial score (nSPS) is 13.8. The number of hydrogen-bond acceptors (Lipinski definition) is 3. The van der Waals surface area contributed by atoms with Crippen molar-refractivity contribution in [2.75, 3.05) is 10.6 Å². The van der Waals surface area contributed by atoms with E-state index in [1.165, 1.54) is 12.8 Å². The Morgan fingerprint density at radius 3 is 2.30 bits per heavy atom. The van der Waals surface area contributed by atoms with Gasteiger partial charge < -0.3 is 16.0 Å². The Hall–Kier alpha value is -2.73. The number of carbonyl (C=O) groups is 2. The molecule has 0 atom stereocenters. The SMILES string of the molecule is O=C(CC1CCCC1)NC(=S)Nc1cccc(NC(=O)c2ccccc2)c1. The minimum atomic E-state index is -0.180. The van der Waals surface area contributed by atoms with Gasteiger partial charge in [-0.05, 0) is 61.3 Å². The van der Waals surface area contributed by atoms with Crippen LogP contribution in [0.25, 0.3) is 0 Å². The molecule has 0 saturated heterocycles. The van der Waals surface area contributed by atoms with Crippen LogP contribution < -0.4 is 16.0 Å². The first-order valence-corrected chi connectivity index (χ1v) is 9.58. The van der Waals surface area contributed by atoms with Gasteiger partial charge in [-0.25, -0.2) is 0 Å². The van der Waals surface area contributed by atoms with Gasteiger partial charge in [0.05, 0.1) is 0 Å². The van der Waals surface area contributed by atoms with Crippen LogP contribution >= 0.6 is 12.2 Å². The van der Waals surface area contributed by atoms with Crippen LogP contribution in [0, 0.1) is 5.92 Å². The van der Waals surface area contributed by atoms with E-state index in [1.807, 2.05) is 30.3 Å². The molecular formula is C21H23N3O2S. The molecule has 3 N–H and O–H groups in total. The summed E-state index contributed by atoms with van der Waals surface area (Å²) in [7, 11) is 0. The molecule has 0 unspecified atom stereocenters. The number of hydrogen-bond donors (Lipinski definition) is 3. The van der Waals surface area contributed by atoms with E-state index >= 15 is 0 Å². The zero-order valence-corrected chi connectivity index (χ0v) is 15.9. The van der Waals surface area contributed by atoms with E-state index in [1.54, 1.807) is 24.3 Å². The Morgan fingerprint density at radius 2 is 1.59 bits per heavy atom. The lowest BCUT2D eigenvalue weighted by atomic mass is 10.0. The molecule has 2 aromatic rings. The van der Waals surface area contributed by atoms with E-state index in [-0.39, 0.29) is 16.9 Å². The number of benzene rings is 2. The minimum absolute atomic E-state index is 0.0482. The summed E-state index contributed by atoms with van der Waals surface area (Å²) < 4.78 is 0. The molecule has 3 rings (SSSR count). The largest absolute Gasteiger partial charge is 0.332 e. The monoisotopic (exact) mass is 381 g/mol. The van der Waals surface area contributed by atoms with E-state index in [9.17, 15) is 9.59 Å². The first-order valence-electron chi connectivity index (χ1n) is 9.17. The minimum Gasteiger partial charge on any atom is -0.332 e. The third kappa shape index (κ3) is 5.89. The van der Waals surface area contributed by atoms with Crippen molar-refractivity contribution < 1.29 is 9.59 Å².